The number of carbonyl (C=O) groups excluding carboxylic acids is 3. The normalized spacial score (nSPS) is 25.4. The maximum absolute atomic E-state index is 12.9. The highest BCUT2D eigenvalue weighted by Gasteiger charge is 2.53. The molecule has 0 aliphatic carbocycles. The zero-order chi connectivity index (χ0) is 21.5. The zero-order valence-electron chi connectivity index (χ0n) is 17.1. The number of hydrogen-bond acceptors (Lipinski definition) is 5. The quantitative estimate of drug-likeness (QED) is 0.731. The molecule has 0 radical (unpaired) electrons. The first-order valence-electron chi connectivity index (χ1n) is 10.5. The van der Waals surface area contributed by atoms with E-state index in [0.717, 1.165) is 36.3 Å². The van der Waals surface area contributed by atoms with Gasteiger partial charge in [0.25, 0.3) is 11.8 Å². The van der Waals surface area contributed by atoms with Crippen molar-refractivity contribution in [1.82, 2.24) is 15.1 Å². The van der Waals surface area contributed by atoms with Gasteiger partial charge in [-0.2, -0.15) is 0 Å². The molecule has 0 bridgehead atoms. The van der Waals surface area contributed by atoms with Gasteiger partial charge in [-0.05, 0) is 56.7 Å². The molecule has 3 aliphatic heterocycles. The highest BCUT2D eigenvalue weighted by molar-refractivity contribution is 7.91. The van der Waals surface area contributed by atoms with Gasteiger partial charge in [-0.25, -0.2) is 13.2 Å². The molecule has 8 nitrogen and oxygen atoms in total. The number of likely N-dealkylation sites (tertiary alicyclic amines) is 1. The molecule has 4 amide bonds. The van der Waals surface area contributed by atoms with E-state index in [1.165, 1.54) is 0 Å². The van der Waals surface area contributed by atoms with E-state index >= 15 is 0 Å². The molecule has 1 atom stereocenters. The molecule has 1 spiro atoms. The van der Waals surface area contributed by atoms with Crippen LogP contribution in [0.2, 0.25) is 0 Å². The summed E-state index contributed by atoms with van der Waals surface area (Å²) in [5, 5.41) is 2.72. The lowest BCUT2D eigenvalue weighted by molar-refractivity contribution is -0.132. The van der Waals surface area contributed by atoms with Gasteiger partial charge in [-0.15, -0.1) is 0 Å². The summed E-state index contributed by atoms with van der Waals surface area (Å²) >= 11 is 0. The Kier molecular flexibility index (Phi) is 5.34. The average molecular weight is 434 g/mol. The Morgan fingerprint density at radius 3 is 2.43 bits per heavy atom. The molecule has 4 rings (SSSR count). The van der Waals surface area contributed by atoms with Crippen molar-refractivity contribution >= 4 is 27.7 Å². The number of urea groups is 1. The molecule has 30 heavy (non-hydrogen) atoms. The van der Waals surface area contributed by atoms with E-state index in [-0.39, 0.29) is 48.7 Å². The number of nitrogens with one attached hydrogen (secondary N) is 1. The van der Waals surface area contributed by atoms with E-state index in [2.05, 4.69) is 12.2 Å². The summed E-state index contributed by atoms with van der Waals surface area (Å²) in [7, 11) is -3.15. The van der Waals surface area contributed by atoms with Crippen molar-refractivity contribution in [2.24, 2.45) is 0 Å². The standard InChI is InChI=1S/C21H27N3O5S/c1-15-4-2-3-11-23(15)18(25)17-7-5-16(6-8-17)14-24-19(26)21(22-20(24)27)9-12-30(28,29)13-10-21/h5-8,15H,2-4,9-14H2,1H3,(H,22,27). The number of piperidine rings is 1. The minimum absolute atomic E-state index is 0.00566. The fraction of sp³-hybridized carbons (Fsp3) is 0.571. The second-order valence-corrected chi connectivity index (χ2v) is 10.9. The molecule has 3 fully saturated rings. The van der Waals surface area contributed by atoms with Crippen molar-refractivity contribution in [3.05, 3.63) is 35.4 Å². The van der Waals surface area contributed by atoms with E-state index in [1.54, 1.807) is 24.3 Å². The number of benzene rings is 1. The van der Waals surface area contributed by atoms with Crippen molar-refractivity contribution in [2.75, 3.05) is 18.1 Å². The van der Waals surface area contributed by atoms with E-state index in [1.807, 2.05) is 4.90 Å². The van der Waals surface area contributed by atoms with Gasteiger partial charge in [0, 0.05) is 18.2 Å². The van der Waals surface area contributed by atoms with Gasteiger partial charge in [0.1, 0.15) is 5.54 Å². The molecular weight excluding hydrogens is 406 g/mol. The molecule has 1 aromatic rings. The number of nitrogens with zero attached hydrogens (tertiary/aromatic N) is 2. The molecule has 3 heterocycles. The summed E-state index contributed by atoms with van der Waals surface area (Å²) < 4.78 is 23.4. The maximum atomic E-state index is 12.9. The fourth-order valence-corrected chi connectivity index (χ4v) is 6.07. The SMILES string of the molecule is CC1CCCCN1C(=O)c1ccc(CN2C(=O)NC3(CCS(=O)(=O)CC3)C2=O)cc1. The second-order valence-electron chi connectivity index (χ2n) is 8.60. The van der Waals surface area contributed by atoms with Crippen molar-refractivity contribution < 1.29 is 22.8 Å². The van der Waals surface area contributed by atoms with Crippen LogP contribution in [0.15, 0.2) is 24.3 Å². The summed E-state index contributed by atoms with van der Waals surface area (Å²) in [6.07, 6.45) is 3.39. The molecule has 1 unspecified atom stereocenters. The van der Waals surface area contributed by atoms with Crippen molar-refractivity contribution in [2.45, 2.75) is 57.2 Å². The Hall–Kier alpha value is -2.42. The van der Waals surface area contributed by atoms with Crippen LogP contribution in [0.4, 0.5) is 4.79 Å². The van der Waals surface area contributed by atoms with Crippen LogP contribution in [0.1, 0.15) is 54.9 Å². The lowest BCUT2D eigenvalue weighted by atomic mass is 9.92. The highest BCUT2D eigenvalue weighted by atomic mass is 32.2. The lowest BCUT2D eigenvalue weighted by Gasteiger charge is -2.33. The Morgan fingerprint density at radius 2 is 1.80 bits per heavy atom. The van der Waals surface area contributed by atoms with E-state index in [0.29, 0.717) is 5.56 Å². The predicted molar refractivity (Wildman–Crippen MR) is 110 cm³/mol. The van der Waals surface area contributed by atoms with Crippen LogP contribution < -0.4 is 5.32 Å². The first-order chi connectivity index (χ1) is 14.2. The third-order valence-corrected chi connectivity index (χ3v) is 8.18. The second kappa shape index (κ2) is 7.68. The monoisotopic (exact) mass is 433 g/mol. The van der Waals surface area contributed by atoms with Crippen molar-refractivity contribution in [1.29, 1.82) is 0 Å². The first-order valence-corrected chi connectivity index (χ1v) is 12.3. The Labute approximate surface area is 176 Å². The molecular formula is C21H27N3O5S. The fourth-order valence-electron chi connectivity index (χ4n) is 4.55. The third kappa shape index (κ3) is 3.82. The lowest BCUT2D eigenvalue weighted by Crippen LogP contribution is -2.52. The Morgan fingerprint density at radius 1 is 1.13 bits per heavy atom. The number of amides is 4. The summed E-state index contributed by atoms with van der Waals surface area (Å²) in [6.45, 7) is 2.92. The maximum Gasteiger partial charge on any atom is 0.325 e. The average Bonchev–Trinajstić information content (AvgIpc) is 2.95. The van der Waals surface area contributed by atoms with Gasteiger partial charge in [-0.1, -0.05) is 12.1 Å². The van der Waals surface area contributed by atoms with E-state index < -0.39 is 21.4 Å². The summed E-state index contributed by atoms with van der Waals surface area (Å²) in [5.74, 6) is -0.562. The van der Waals surface area contributed by atoms with Crippen LogP contribution in [-0.2, 0) is 21.2 Å². The predicted octanol–water partition coefficient (Wildman–Crippen LogP) is 1.70. The first kappa shape index (κ1) is 20.8. The van der Waals surface area contributed by atoms with Crippen LogP contribution in [0, 0.1) is 0 Å². The Bertz CT molecular complexity index is 959. The Balaban J connectivity index is 1.44. The summed E-state index contributed by atoms with van der Waals surface area (Å²) in [6, 6.07) is 6.73. The summed E-state index contributed by atoms with van der Waals surface area (Å²) in [4.78, 5) is 41.2. The number of sulfone groups is 1. The minimum atomic E-state index is -3.15. The van der Waals surface area contributed by atoms with Crippen molar-refractivity contribution in [3.63, 3.8) is 0 Å². The van der Waals surface area contributed by atoms with E-state index in [4.69, 9.17) is 0 Å². The van der Waals surface area contributed by atoms with Crippen LogP contribution in [0.3, 0.4) is 0 Å². The third-order valence-electron chi connectivity index (χ3n) is 6.53. The number of imide groups is 1. The molecule has 3 saturated heterocycles. The molecule has 162 valence electrons. The topological polar surface area (TPSA) is 104 Å². The number of rotatable bonds is 3. The molecule has 3 aliphatic rings. The molecule has 0 aromatic heterocycles. The molecule has 1 aromatic carbocycles. The van der Waals surface area contributed by atoms with Crippen LogP contribution in [-0.4, -0.2) is 65.7 Å². The molecule has 9 heteroatoms. The van der Waals surface area contributed by atoms with Gasteiger partial charge in [0.05, 0.1) is 18.1 Å². The van der Waals surface area contributed by atoms with Crippen LogP contribution in [0.25, 0.3) is 0 Å². The van der Waals surface area contributed by atoms with Gasteiger partial charge in [0.15, 0.2) is 9.84 Å². The smallest absolute Gasteiger partial charge is 0.325 e. The van der Waals surface area contributed by atoms with Gasteiger partial charge in [-0.3, -0.25) is 14.5 Å². The van der Waals surface area contributed by atoms with Gasteiger partial charge < -0.3 is 10.2 Å². The molecule has 1 N–H and O–H groups in total. The van der Waals surface area contributed by atoms with Crippen molar-refractivity contribution in [3.8, 4) is 0 Å². The zero-order valence-corrected chi connectivity index (χ0v) is 17.9. The van der Waals surface area contributed by atoms with Gasteiger partial charge in [0.2, 0.25) is 0 Å². The largest absolute Gasteiger partial charge is 0.336 e. The minimum Gasteiger partial charge on any atom is -0.336 e. The van der Waals surface area contributed by atoms with Crippen LogP contribution in [0.5, 0.6) is 0 Å². The number of carbonyl (C=O) groups is 3. The van der Waals surface area contributed by atoms with Crippen LogP contribution >= 0.6 is 0 Å². The van der Waals surface area contributed by atoms with E-state index in [9.17, 15) is 22.8 Å². The molecule has 0 saturated carbocycles. The van der Waals surface area contributed by atoms with Gasteiger partial charge >= 0.3 is 6.03 Å². The number of hydrogen-bond donors (Lipinski definition) is 1. The highest BCUT2D eigenvalue weighted by Crippen LogP contribution is 2.31. The summed E-state index contributed by atoms with van der Waals surface area (Å²) in [5.41, 5.74) is 0.226.